The van der Waals surface area contributed by atoms with Gasteiger partial charge in [-0.2, -0.15) is 5.10 Å². The fraction of sp³-hybridized carbons (Fsp3) is 0.133. The highest BCUT2D eigenvalue weighted by Gasteiger charge is 2.16. The van der Waals surface area contributed by atoms with Gasteiger partial charge in [0.1, 0.15) is 0 Å². The summed E-state index contributed by atoms with van der Waals surface area (Å²) in [6, 6.07) is 7.63. The molecule has 1 aromatic carbocycles. The topological polar surface area (TPSA) is 70.7 Å². The van der Waals surface area contributed by atoms with Crippen molar-refractivity contribution in [2.24, 2.45) is 0 Å². The molecule has 2 aromatic heterocycles. The number of hydrogen-bond donors (Lipinski definition) is 2. The molecule has 0 atom stereocenters. The number of pyridine rings is 1. The second-order valence-electron chi connectivity index (χ2n) is 4.67. The van der Waals surface area contributed by atoms with Crippen molar-refractivity contribution in [2.75, 3.05) is 5.32 Å². The third-order valence-electron chi connectivity index (χ3n) is 3.28. The molecule has 2 heterocycles. The zero-order chi connectivity index (χ0) is 14.1. The van der Waals surface area contributed by atoms with Crippen LogP contribution < -0.4 is 5.32 Å². The van der Waals surface area contributed by atoms with Crippen LogP contribution in [-0.2, 0) is 0 Å². The maximum atomic E-state index is 12.4. The van der Waals surface area contributed by atoms with E-state index in [9.17, 15) is 4.79 Å². The lowest BCUT2D eigenvalue weighted by molar-refractivity contribution is 0.102. The summed E-state index contributed by atoms with van der Waals surface area (Å²) in [5.74, 6) is -0.155. The second-order valence-corrected chi connectivity index (χ2v) is 4.67. The van der Waals surface area contributed by atoms with Gasteiger partial charge in [0.25, 0.3) is 5.91 Å². The van der Waals surface area contributed by atoms with Crippen molar-refractivity contribution in [1.82, 2.24) is 15.2 Å². The number of amides is 1. The molecule has 0 spiro atoms. The number of rotatable bonds is 2. The zero-order valence-corrected chi connectivity index (χ0v) is 11.3. The molecular weight excluding hydrogens is 252 g/mol. The fourth-order valence-corrected chi connectivity index (χ4v) is 2.30. The van der Waals surface area contributed by atoms with Crippen LogP contribution in [0.1, 0.15) is 21.7 Å². The smallest absolute Gasteiger partial charge is 0.259 e. The second kappa shape index (κ2) is 4.77. The molecule has 0 bridgehead atoms. The first kappa shape index (κ1) is 12.3. The van der Waals surface area contributed by atoms with Crippen LogP contribution in [0.3, 0.4) is 0 Å². The van der Waals surface area contributed by atoms with Gasteiger partial charge in [-0.05, 0) is 26.0 Å². The van der Waals surface area contributed by atoms with Gasteiger partial charge in [-0.1, -0.05) is 12.1 Å². The van der Waals surface area contributed by atoms with Crippen LogP contribution in [0.5, 0.6) is 0 Å². The largest absolute Gasteiger partial charge is 0.321 e. The molecule has 0 saturated heterocycles. The van der Waals surface area contributed by atoms with Gasteiger partial charge in [0.2, 0.25) is 0 Å². The molecule has 0 aliphatic heterocycles. The van der Waals surface area contributed by atoms with Gasteiger partial charge in [-0.15, -0.1) is 0 Å². The Balaban J connectivity index is 2.00. The highest BCUT2D eigenvalue weighted by molar-refractivity contribution is 6.10. The van der Waals surface area contributed by atoms with Gasteiger partial charge < -0.3 is 5.32 Å². The lowest BCUT2D eigenvalue weighted by Crippen LogP contribution is -2.13. The maximum Gasteiger partial charge on any atom is 0.259 e. The number of benzene rings is 1. The van der Waals surface area contributed by atoms with Crippen LogP contribution in [0.2, 0.25) is 0 Å². The van der Waals surface area contributed by atoms with Crippen LogP contribution in [0.15, 0.2) is 36.7 Å². The Bertz CT molecular complexity index is 767. The number of fused-ring (bicyclic) bond motifs is 1. The molecule has 0 unspecified atom stereocenters. The number of nitrogens with one attached hydrogen (secondary N) is 2. The summed E-state index contributed by atoms with van der Waals surface area (Å²) in [7, 11) is 0. The molecular formula is C15H14N4O. The molecule has 0 saturated carbocycles. The van der Waals surface area contributed by atoms with E-state index in [2.05, 4.69) is 20.5 Å². The van der Waals surface area contributed by atoms with Crippen molar-refractivity contribution >= 4 is 22.4 Å². The number of carbonyl (C=O) groups is 1. The number of carbonyl (C=O) groups excluding carboxylic acids is 1. The molecule has 3 aromatic rings. The van der Waals surface area contributed by atoms with Crippen LogP contribution in [0, 0.1) is 13.8 Å². The predicted octanol–water partition coefficient (Wildman–Crippen LogP) is 2.83. The SMILES string of the molecule is Cc1n[nH]c(C)c1C(=O)Nc1cccc2cnccc12. The minimum absolute atomic E-state index is 0.155. The van der Waals surface area contributed by atoms with Gasteiger partial charge >= 0.3 is 0 Å². The number of aromatic nitrogens is 3. The molecule has 3 rings (SSSR count). The third kappa shape index (κ3) is 2.03. The van der Waals surface area contributed by atoms with Gasteiger partial charge in [0.05, 0.1) is 11.3 Å². The van der Waals surface area contributed by atoms with Crippen molar-refractivity contribution in [3.05, 3.63) is 53.6 Å². The highest BCUT2D eigenvalue weighted by Crippen LogP contribution is 2.23. The summed E-state index contributed by atoms with van der Waals surface area (Å²) in [5, 5.41) is 11.8. The minimum Gasteiger partial charge on any atom is -0.321 e. The number of anilines is 1. The van der Waals surface area contributed by atoms with Gasteiger partial charge in [0, 0.05) is 34.5 Å². The number of H-pyrrole nitrogens is 1. The van der Waals surface area contributed by atoms with Crippen LogP contribution in [-0.4, -0.2) is 21.1 Å². The van der Waals surface area contributed by atoms with Crippen LogP contribution in [0.25, 0.3) is 10.8 Å². The maximum absolute atomic E-state index is 12.4. The normalized spacial score (nSPS) is 10.7. The summed E-state index contributed by atoms with van der Waals surface area (Å²) in [6.07, 6.45) is 3.49. The van der Waals surface area contributed by atoms with Crippen LogP contribution in [0.4, 0.5) is 5.69 Å². The van der Waals surface area contributed by atoms with Crippen molar-refractivity contribution < 1.29 is 4.79 Å². The number of hydrogen-bond acceptors (Lipinski definition) is 3. The Hall–Kier alpha value is -2.69. The van der Waals surface area contributed by atoms with E-state index in [1.165, 1.54) is 0 Å². The average Bonchev–Trinajstić information content (AvgIpc) is 2.78. The first-order valence-corrected chi connectivity index (χ1v) is 6.32. The van der Waals surface area contributed by atoms with Crippen molar-refractivity contribution in [3.8, 4) is 0 Å². The van der Waals surface area contributed by atoms with E-state index in [4.69, 9.17) is 0 Å². The van der Waals surface area contributed by atoms with E-state index >= 15 is 0 Å². The summed E-state index contributed by atoms with van der Waals surface area (Å²) in [6.45, 7) is 3.65. The Morgan fingerprint density at radius 1 is 1.25 bits per heavy atom. The summed E-state index contributed by atoms with van der Waals surface area (Å²) in [5.41, 5.74) is 2.83. The molecule has 0 radical (unpaired) electrons. The van der Waals surface area contributed by atoms with Gasteiger partial charge in [0.15, 0.2) is 0 Å². The molecule has 20 heavy (non-hydrogen) atoms. The number of aromatic amines is 1. The van der Waals surface area contributed by atoms with E-state index in [0.717, 1.165) is 22.2 Å². The van der Waals surface area contributed by atoms with E-state index in [0.29, 0.717) is 11.3 Å². The fourth-order valence-electron chi connectivity index (χ4n) is 2.30. The number of aryl methyl sites for hydroxylation is 2. The quantitative estimate of drug-likeness (QED) is 0.749. The van der Waals surface area contributed by atoms with E-state index in [1.54, 1.807) is 12.4 Å². The van der Waals surface area contributed by atoms with Crippen LogP contribution >= 0.6 is 0 Å². The van der Waals surface area contributed by atoms with Gasteiger partial charge in [-0.3, -0.25) is 14.9 Å². The lowest BCUT2D eigenvalue weighted by atomic mass is 10.1. The van der Waals surface area contributed by atoms with Crippen molar-refractivity contribution in [2.45, 2.75) is 13.8 Å². The number of nitrogens with zero attached hydrogens (tertiary/aromatic N) is 2. The average molecular weight is 266 g/mol. The standard InChI is InChI=1S/C15H14N4O/c1-9-14(10(2)19-18-9)15(20)17-13-5-3-4-11-8-16-7-6-12(11)13/h3-8H,1-2H3,(H,17,20)(H,18,19). The Morgan fingerprint density at radius 3 is 2.85 bits per heavy atom. The first-order valence-electron chi connectivity index (χ1n) is 6.32. The molecule has 0 aliphatic carbocycles. The highest BCUT2D eigenvalue weighted by atomic mass is 16.1. The third-order valence-corrected chi connectivity index (χ3v) is 3.28. The molecule has 5 heteroatoms. The Morgan fingerprint density at radius 2 is 2.10 bits per heavy atom. The summed E-state index contributed by atoms with van der Waals surface area (Å²) < 4.78 is 0. The lowest BCUT2D eigenvalue weighted by Gasteiger charge is -2.08. The monoisotopic (exact) mass is 266 g/mol. The molecule has 0 fully saturated rings. The summed E-state index contributed by atoms with van der Waals surface area (Å²) in [4.78, 5) is 16.5. The molecule has 0 aliphatic rings. The predicted molar refractivity (Wildman–Crippen MR) is 77.8 cm³/mol. The Kier molecular flexibility index (Phi) is 2.95. The molecule has 1 amide bonds. The van der Waals surface area contributed by atoms with E-state index < -0.39 is 0 Å². The minimum atomic E-state index is -0.155. The first-order chi connectivity index (χ1) is 9.66. The van der Waals surface area contributed by atoms with E-state index in [1.807, 2.05) is 38.1 Å². The van der Waals surface area contributed by atoms with Crippen molar-refractivity contribution in [1.29, 1.82) is 0 Å². The molecule has 100 valence electrons. The van der Waals surface area contributed by atoms with Crippen molar-refractivity contribution in [3.63, 3.8) is 0 Å². The Labute approximate surface area is 116 Å². The molecule has 5 nitrogen and oxygen atoms in total. The van der Waals surface area contributed by atoms with E-state index in [-0.39, 0.29) is 5.91 Å². The zero-order valence-electron chi connectivity index (χ0n) is 11.3. The van der Waals surface area contributed by atoms with Gasteiger partial charge in [-0.25, -0.2) is 0 Å². The summed E-state index contributed by atoms with van der Waals surface area (Å²) >= 11 is 0. The molecule has 2 N–H and O–H groups in total.